The van der Waals surface area contributed by atoms with Gasteiger partial charge in [0.1, 0.15) is 6.54 Å². The highest BCUT2D eigenvalue weighted by Crippen LogP contribution is 2.46. The summed E-state index contributed by atoms with van der Waals surface area (Å²) in [4.78, 5) is 0. The molecule has 1 fully saturated rings. The summed E-state index contributed by atoms with van der Waals surface area (Å²) < 4.78 is 1.01. The topological polar surface area (TPSA) is 20.2 Å². The van der Waals surface area contributed by atoms with Crippen molar-refractivity contribution in [3.63, 3.8) is 0 Å². The number of aliphatic hydroxyl groups is 1. The summed E-state index contributed by atoms with van der Waals surface area (Å²) in [5.41, 5.74) is 2.86. The second kappa shape index (κ2) is 6.96. The number of halogens is 1. The fourth-order valence-electron chi connectivity index (χ4n) is 4.14. The molecular formula is C22H24BrNO. The van der Waals surface area contributed by atoms with Crippen LogP contribution in [0, 0.1) is 11.8 Å². The first kappa shape index (κ1) is 18.2. The first-order valence-electron chi connectivity index (χ1n) is 8.88. The molecule has 2 aromatic carbocycles. The number of hydrogen-bond acceptors (Lipinski definition) is 1. The maximum Gasteiger partial charge on any atom is 0.178 e. The molecule has 1 aliphatic carbocycles. The van der Waals surface area contributed by atoms with Crippen molar-refractivity contribution < 1.29 is 26.6 Å². The van der Waals surface area contributed by atoms with E-state index in [0.717, 1.165) is 33.3 Å². The maximum absolute atomic E-state index is 11.4. The third-order valence-corrected chi connectivity index (χ3v) is 5.55. The van der Waals surface area contributed by atoms with Crippen LogP contribution in [0.15, 0.2) is 48.5 Å². The number of hydrogen-bond donors (Lipinski definition) is 1. The number of quaternary nitrogens is 1. The fourth-order valence-corrected chi connectivity index (χ4v) is 4.14. The molecular weight excluding hydrogens is 374 g/mol. The molecule has 130 valence electrons. The van der Waals surface area contributed by atoms with Crippen LogP contribution in [-0.2, 0) is 5.60 Å². The van der Waals surface area contributed by atoms with E-state index >= 15 is 0 Å². The van der Waals surface area contributed by atoms with Crippen molar-refractivity contribution in [3.8, 4) is 23.0 Å². The SMILES string of the molecule is C[N+]1(CC#CC2(O)c3ccccc3-c3ccccc32)CCCCC1.[Br-]. The van der Waals surface area contributed by atoms with Crippen LogP contribution in [0.4, 0.5) is 0 Å². The Morgan fingerprint density at radius 3 is 2.00 bits per heavy atom. The lowest BCUT2D eigenvalue weighted by molar-refractivity contribution is -0.907. The van der Waals surface area contributed by atoms with Crippen LogP contribution in [0.1, 0.15) is 30.4 Å². The molecule has 4 rings (SSSR count). The highest BCUT2D eigenvalue weighted by Gasteiger charge is 2.40. The molecule has 0 saturated carbocycles. The zero-order chi connectivity index (χ0) is 16.6. The Bertz CT molecular complexity index is 782. The lowest BCUT2D eigenvalue weighted by Crippen LogP contribution is -3.00. The Hall–Kier alpha value is -1.60. The molecule has 3 heteroatoms. The first-order valence-corrected chi connectivity index (χ1v) is 8.88. The highest BCUT2D eigenvalue weighted by molar-refractivity contribution is 5.81. The molecule has 0 spiro atoms. The van der Waals surface area contributed by atoms with Crippen molar-refractivity contribution in [1.29, 1.82) is 0 Å². The summed E-state index contributed by atoms with van der Waals surface area (Å²) in [7, 11) is 2.29. The Balaban J connectivity index is 0.00000182. The van der Waals surface area contributed by atoms with Gasteiger partial charge >= 0.3 is 0 Å². The van der Waals surface area contributed by atoms with Crippen molar-refractivity contribution in [3.05, 3.63) is 59.7 Å². The van der Waals surface area contributed by atoms with E-state index in [0.29, 0.717) is 0 Å². The van der Waals surface area contributed by atoms with Crippen LogP contribution in [0.5, 0.6) is 0 Å². The van der Waals surface area contributed by atoms with E-state index in [1.54, 1.807) is 0 Å². The third-order valence-electron chi connectivity index (χ3n) is 5.55. The Morgan fingerprint density at radius 1 is 0.920 bits per heavy atom. The summed E-state index contributed by atoms with van der Waals surface area (Å²) in [5.74, 6) is 6.56. The Kier molecular flexibility index (Phi) is 5.06. The number of benzene rings is 2. The van der Waals surface area contributed by atoms with Crippen LogP contribution in [0.3, 0.4) is 0 Å². The second-order valence-electron chi connectivity index (χ2n) is 7.39. The standard InChI is InChI=1S/C22H24NO.BrH/c1-23(15-7-2-8-16-23)17-9-14-22(24)20-12-5-3-10-18(20)19-11-4-6-13-21(19)22;/h3-6,10-13,24H,2,7-8,15-17H2,1H3;1H/q+1;/p-1. The van der Waals surface area contributed by atoms with Crippen LogP contribution in [0.2, 0.25) is 0 Å². The molecule has 0 amide bonds. The lowest BCUT2D eigenvalue weighted by Gasteiger charge is -2.36. The summed E-state index contributed by atoms with van der Waals surface area (Å²) >= 11 is 0. The van der Waals surface area contributed by atoms with Crippen molar-refractivity contribution in [2.75, 3.05) is 26.7 Å². The molecule has 0 atom stereocenters. The van der Waals surface area contributed by atoms with Crippen LogP contribution in [0.25, 0.3) is 11.1 Å². The minimum absolute atomic E-state index is 0. The van der Waals surface area contributed by atoms with Gasteiger partial charge in [0, 0.05) is 11.1 Å². The molecule has 1 heterocycles. The molecule has 1 saturated heterocycles. The summed E-state index contributed by atoms with van der Waals surface area (Å²) in [6, 6.07) is 16.2. The molecule has 0 unspecified atom stereocenters. The fraction of sp³-hybridized carbons (Fsp3) is 0.364. The summed E-state index contributed by atoms with van der Waals surface area (Å²) in [5, 5.41) is 11.4. The average Bonchev–Trinajstić information content (AvgIpc) is 2.86. The number of piperidine rings is 1. The number of likely N-dealkylation sites (tertiary alicyclic amines) is 1. The van der Waals surface area contributed by atoms with Gasteiger partial charge < -0.3 is 26.6 Å². The quantitative estimate of drug-likeness (QED) is 0.550. The molecule has 0 radical (unpaired) electrons. The van der Waals surface area contributed by atoms with Gasteiger partial charge in [-0.15, -0.1) is 0 Å². The molecule has 2 nitrogen and oxygen atoms in total. The van der Waals surface area contributed by atoms with E-state index in [1.807, 2.05) is 36.4 Å². The first-order chi connectivity index (χ1) is 11.6. The van der Waals surface area contributed by atoms with E-state index in [-0.39, 0.29) is 17.0 Å². The van der Waals surface area contributed by atoms with Gasteiger partial charge in [0.25, 0.3) is 0 Å². The summed E-state index contributed by atoms with van der Waals surface area (Å²) in [6.07, 6.45) is 3.91. The van der Waals surface area contributed by atoms with Crippen molar-refractivity contribution in [2.45, 2.75) is 24.9 Å². The molecule has 2 aliphatic rings. The highest BCUT2D eigenvalue weighted by atomic mass is 79.9. The minimum Gasteiger partial charge on any atom is -1.00 e. The predicted octanol–water partition coefficient (Wildman–Crippen LogP) is 0.541. The van der Waals surface area contributed by atoms with E-state index in [1.165, 1.54) is 32.4 Å². The molecule has 1 N–H and O–H groups in total. The second-order valence-corrected chi connectivity index (χ2v) is 7.39. The van der Waals surface area contributed by atoms with Gasteiger partial charge in [0.05, 0.1) is 20.1 Å². The number of nitrogens with zero attached hydrogens (tertiary/aromatic N) is 1. The van der Waals surface area contributed by atoms with Gasteiger partial charge in [-0.1, -0.05) is 54.5 Å². The predicted molar refractivity (Wildman–Crippen MR) is 97.3 cm³/mol. The van der Waals surface area contributed by atoms with E-state index < -0.39 is 5.60 Å². The van der Waals surface area contributed by atoms with Gasteiger partial charge in [-0.3, -0.25) is 0 Å². The zero-order valence-electron chi connectivity index (χ0n) is 14.6. The molecule has 2 aromatic rings. The molecule has 0 aromatic heterocycles. The zero-order valence-corrected chi connectivity index (χ0v) is 16.2. The molecule has 25 heavy (non-hydrogen) atoms. The molecule has 1 aliphatic heterocycles. The third kappa shape index (κ3) is 3.15. The van der Waals surface area contributed by atoms with Crippen molar-refractivity contribution in [1.82, 2.24) is 0 Å². The lowest BCUT2D eigenvalue weighted by atomic mass is 9.92. The maximum atomic E-state index is 11.4. The number of fused-ring (bicyclic) bond motifs is 3. The van der Waals surface area contributed by atoms with Gasteiger partial charge in [-0.25, -0.2) is 0 Å². The van der Waals surface area contributed by atoms with Gasteiger partial charge in [0.15, 0.2) is 5.60 Å². The van der Waals surface area contributed by atoms with Gasteiger partial charge in [0.2, 0.25) is 0 Å². The van der Waals surface area contributed by atoms with Crippen LogP contribution < -0.4 is 17.0 Å². The van der Waals surface area contributed by atoms with Crippen molar-refractivity contribution in [2.24, 2.45) is 0 Å². The minimum atomic E-state index is -1.18. The summed E-state index contributed by atoms with van der Waals surface area (Å²) in [6.45, 7) is 3.20. The largest absolute Gasteiger partial charge is 1.00 e. The van der Waals surface area contributed by atoms with Gasteiger partial charge in [-0.2, -0.15) is 0 Å². The smallest absolute Gasteiger partial charge is 0.178 e. The van der Waals surface area contributed by atoms with E-state index in [9.17, 15) is 5.11 Å². The number of rotatable bonds is 1. The van der Waals surface area contributed by atoms with E-state index in [2.05, 4.69) is 31.0 Å². The van der Waals surface area contributed by atoms with Crippen LogP contribution in [-0.4, -0.2) is 36.3 Å². The Morgan fingerprint density at radius 2 is 1.44 bits per heavy atom. The van der Waals surface area contributed by atoms with Gasteiger partial charge in [-0.05, 0) is 36.3 Å². The normalized spacial score (nSPS) is 19.0. The average molecular weight is 398 g/mol. The van der Waals surface area contributed by atoms with Crippen LogP contribution >= 0.6 is 0 Å². The monoisotopic (exact) mass is 397 g/mol. The van der Waals surface area contributed by atoms with Crippen molar-refractivity contribution >= 4 is 0 Å². The van der Waals surface area contributed by atoms with E-state index in [4.69, 9.17) is 0 Å². The molecule has 0 bridgehead atoms. The Labute approximate surface area is 160 Å².